The van der Waals surface area contributed by atoms with Gasteiger partial charge < -0.3 is 10.3 Å². The molecule has 1 aromatic heterocycles. The highest BCUT2D eigenvalue weighted by Crippen LogP contribution is 2.26. The molecule has 0 saturated heterocycles. The van der Waals surface area contributed by atoms with E-state index < -0.39 is 0 Å². The highest BCUT2D eigenvalue weighted by molar-refractivity contribution is 6.31. The van der Waals surface area contributed by atoms with Crippen LogP contribution in [0.2, 0.25) is 5.02 Å². The second-order valence-electron chi connectivity index (χ2n) is 4.23. The van der Waals surface area contributed by atoms with Crippen molar-refractivity contribution in [2.75, 3.05) is 0 Å². The lowest BCUT2D eigenvalue weighted by molar-refractivity contribution is 0.914. The number of nitrogens with two attached hydrogens (primary N) is 1. The average molecular weight is 274 g/mol. The minimum absolute atomic E-state index is 0.519. The first-order valence-electron chi connectivity index (χ1n) is 5.82. The molecule has 1 aliphatic rings. The van der Waals surface area contributed by atoms with Crippen molar-refractivity contribution in [1.29, 1.82) is 0 Å². The van der Waals surface area contributed by atoms with E-state index in [1.807, 2.05) is 29.7 Å². The van der Waals surface area contributed by atoms with E-state index in [2.05, 4.69) is 15.0 Å². The van der Waals surface area contributed by atoms with Crippen molar-refractivity contribution in [1.82, 2.24) is 9.55 Å². The summed E-state index contributed by atoms with van der Waals surface area (Å²) in [7, 11) is 0. The second-order valence-corrected chi connectivity index (χ2v) is 4.66. The third kappa shape index (κ3) is 1.92. The first kappa shape index (κ1) is 11.9. The van der Waals surface area contributed by atoms with Crippen LogP contribution in [0.3, 0.4) is 0 Å². The minimum Gasteiger partial charge on any atom is -0.390 e. The van der Waals surface area contributed by atoms with Gasteiger partial charge in [0.25, 0.3) is 0 Å². The highest BCUT2D eigenvalue weighted by atomic mass is 35.5. The van der Waals surface area contributed by atoms with Crippen molar-refractivity contribution in [3.8, 4) is 5.69 Å². The zero-order valence-electron chi connectivity index (χ0n) is 10.3. The number of imidazole rings is 1. The Morgan fingerprint density at radius 1 is 1.47 bits per heavy atom. The number of aromatic nitrogens is 2. The molecule has 0 unspecified atom stereocenters. The number of halogens is 1. The van der Waals surface area contributed by atoms with Crippen LogP contribution < -0.4 is 5.73 Å². The molecule has 3 rings (SSSR count). The predicted octanol–water partition coefficient (Wildman–Crippen LogP) is 2.08. The fourth-order valence-electron chi connectivity index (χ4n) is 2.17. The molecule has 1 aliphatic heterocycles. The van der Waals surface area contributed by atoms with Gasteiger partial charge in [-0.15, -0.1) is 0 Å². The van der Waals surface area contributed by atoms with Crippen LogP contribution in [0.4, 0.5) is 0 Å². The molecular weight excluding hydrogens is 262 g/mol. The van der Waals surface area contributed by atoms with Crippen LogP contribution in [0.1, 0.15) is 17.0 Å². The van der Waals surface area contributed by atoms with E-state index in [9.17, 15) is 0 Å². The van der Waals surface area contributed by atoms with E-state index in [4.69, 9.17) is 17.3 Å². The maximum absolute atomic E-state index is 6.06. The summed E-state index contributed by atoms with van der Waals surface area (Å²) in [5.74, 6) is 0.586. The molecule has 96 valence electrons. The van der Waals surface area contributed by atoms with Crippen molar-refractivity contribution in [3.63, 3.8) is 0 Å². The van der Waals surface area contributed by atoms with Gasteiger partial charge in [0.15, 0.2) is 5.84 Å². The monoisotopic (exact) mass is 273 g/mol. The standard InChI is InChI=1S/C13H12ClN5/c1-8-12-5-16-13(17-6-15)10-4-9(14)2-3-11(10)19(12)7-18-8/h2-4,6-7H,5H2,1H3,(H2,15,16,17). The number of benzene rings is 1. The molecule has 6 heteroatoms. The number of aryl methyl sites for hydroxylation is 1. The van der Waals surface area contributed by atoms with Crippen LogP contribution in [-0.4, -0.2) is 21.7 Å². The van der Waals surface area contributed by atoms with E-state index in [0.29, 0.717) is 17.4 Å². The largest absolute Gasteiger partial charge is 0.390 e. The van der Waals surface area contributed by atoms with E-state index >= 15 is 0 Å². The number of amidine groups is 1. The van der Waals surface area contributed by atoms with Gasteiger partial charge in [0, 0.05) is 10.6 Å². The zero-order valence-corrected chi connectivity index (χ0v) is 11.1. The molecule has 0 amide bonds. The third-order valence-corrected chi connectivity index (χ3v) is 3.34. The van der Waals surface area contributed by atoms with Gasteiger partial charge >= 0.3 is 0 Å². The Balaban J connectivity index is 2.31. The summed E-state index contributed by atoms with van der Waals surface area (Å²) in [6.07, 6.45) is 3.04. The maximum atomic E-state index is 6.06. The SMILES string of the molecule is Cc1ncn2c1CN=C(N=CN)c1cc(Cl)ccc1-2. The summed E-state index contributed by atoms with van der Waals surface area (Å²) in [4.78, 5) is 12.9. The first-order chi connectivity index (χ1) is 9.20. The quantitative estimate of drug-likeness (QED) is 0.590. The normalized spacial score (nSPS) is 13.9. The maximum Gasteiger partial charge on any atom is 0.158 e. The average Bonchev–Trinajstić information content (AvgIpc) is 2.68. The molecule has 0 saturated carbocycles. The molecule has 2 aromatic rings. The summed E-state index contributed by atoms with van der Waals surface area (Å²) < 4.78 is 2.02. The van der Waals surface area contributed by atoms with Crippen molar-refractivity contribution >= 4 is 23.8 Å². The lowest BCUT2D eigenvalue weighted by atomic mass is 10.1. The minimum atomic E-state index is 0.519. The smallest absolute Gasteiger partial charge is 0.158 e. The Labute approximate surface area is 115 Å². The topological polar surface area (TPSA) is 68.6 Å². The molecule has 2 heterocycles. The Bertz CT molecular complexity index is 699. The number of rotatable bonds is 0. The third-order valence-electron chi connectivity index (χ3n) is 3.11. The van der Waals surface area contributed by atoms with Crippen LogP contribution in [0.25, 0.3) is 5.69 Å². The molecule has 0 radical (unpaired) electrons. The van der Waals surface area contributed by atoms with Crippen LogP contribution in [0.5, 0.6) is 0 Å². The Kier molecular flexibility index (Phi) is 2.83. The number of aliphatic imine (C=N–C) groups is 2. The molecule has 0 atom stereocenters. The molecular formula is C13H12ClN5. The summed E-state index contributed by atoms with van der Waals surface area (Å²) in [5, 5.41) is 0.638. The molecule has 0 fully saturated rings. The lowest BCUT2D eigenvalue weighted by Gasteiger charge is -2.09. The Morgan fingerprint density at radius 3 is 3.11 bits per heavy atom. The van der Waals surface area contributed by atoms with Crippen molar-refractivity contribution in [2.24, 2.45) is 15.7 Å². The molecule has 5 nitrogen and oxygen atoms in total. The highest BCUT2D eigenvalue weighted by Gasteiger charge is 2.18. The summed E-state index contributed by atoms with van der Waals surface area (Å²) >= 11 is 6.06. The second kappa shape index (κ2) is 4.51. The molecule has 19 heavy (non-hydrogen) atoms. The fraction of sp³-hybridized carbons (Fsp3) is 0.154. The fourth-order valence-corrected chi connectivity index (χ4v) is 2.35. The van der Waals surface area contributed by atoms with Gasteiger partial charge in [-0.05, 0) is 25.1 Å². The number of fused-ring (bicyclic) bond motifs is 3. The summed E-state index contributed by atoms with van der Waals surface area (Å²) in [5.41, 5.74) is 9.21. The number of hydrogen-bond donors (Lipinski definition) is 1. The molecule has 0 spiro atoms. The van der Waals surface area contributed by atoms with E-state index in [1.54, 1.807) is 6.33 Å². The summed E-state index contributed by atoms with van der Waals surface area (Å²) in [6, 6.07) is 5.62. The van der Waals surface area contributed by atoms with Gasteiger partial charge in [-0.25, -0.2) is 9.98 Å². The van der Waals surface area contributed by atoms with Gasteiger partial charge in [-0.1, -0.05) is 11.6 Å². The molecule has 1 aromatic carbocycles. The molecule has 2 N–H and O–H groups in total. The van der Waals surface area contributed by atoms with Gasteiger partial charge in [-0.2, -0.15) is 0 Å². The van der Waals surface area contributed by atoms with E-state index in [-0.39, 0.29) is 0 Å². The molecule has 0 bridgehead atoms. The lowest BCUT2D eigenvalue weighted by Crippen LogP contribution is -2.05. The number of nitrogens with zero attached hydrogens (tertiary/aromatic N) is 4. The van der Waals surface area contributed by atoms with Crippen molar-refractivity contribution in [3.05, 3.63) is 46.5 Å². The zero-order chi connectivity index (χ0) is 13.4. The van der Waals surface area contributed by atoms with E-state index in [1.165, 1.54) is 6.34 Å². The van der Waals surface area contributed by atoms with Gasteiger partial charge in [0.2, 0.25) is 0 Å². The van der Waals surface area contributed by atoms with Crippen molar-refractivity contribution < 1.29 is 0 Å². The van der Waals surface area contributed by atoms with Crippen LogP contribution in [0, 0.1) is 6.92 Å². The van der Waals surface area contributed by atoms with Crippen LogP contribution in [-0.2, 0) is 6.54 Å². The summed E-state index contributed by atoms with van der Waals surface area (Å²) in [6.45, 7) is 2.49. The first-order valence-corrected chi connectivity index (χ1v) is 6.20. The van der Waals surface area contributed by atoms with E-state index in [0.717, 1.165) is 22.6 Å². The Morgan fingerprint density at radius 2 is 2.32 bits per heavy atom. The van der Waals surface area contributed by atoms with Crippen LogP contribution in [0.15, 0.2) is 34.5 Å². The van der Waals surface area contributed by atoms with Gasteiger partial charge in [-0.3, -0.25) is 4.99 Å². The molecule has 0 aliphatic carbocycles. The predicted molar refractivity (Wildman–Crippen MR) is 76.2 cm³/mol. The number of hydrogen-bond acceptors (Lipinski definition) is 3. The Hall–Kier alpha value is -2.14. The van der Waals surface area contributed by atoms with Crippen molar-refractivity contribution in [2.45, 2.75) is 13.5 Å². The van der Waals surface area contributed by atoms with Crippen LogP contribution >= 0.6 is 11.6 Å². The van der Waals surface area contributed by atoms with Gasteiger partial charge in [0.1, 0.15) is 0 Å². The van der Waals surface area contributed by atoms with Gasteiger partial charge in [0.05, 0.1) is 36.3 Å².